The van der Waals surface area contributed by atoms with Crippen LogP contribution in [0.4, 0.5) is 13.2 Å². The quantitative estimate of drug-likeness (QED) is 0.832. The molecule has 2 fully saturated rings. The Hall–Kier alpha value is -0.290. The molecule has 0 aromatic heterocycles. The number of nitrogens with two attached hydrogens (primary N) is 1. The van der Waals surface area contributed by atoms with Crippen LogP contribution in [-0.2, 0) is 0 Å². The van der Waals surface area contributed by atoms with Gasteiger partial charge in [0.15, 0.2) is 0 Å². The SMILES string of the molecule is NCC1CCCCC1NC1CCCC(C(F)(F)F)C1. The minimum absolute atomic E-state index is 0.0255. The van der Waals surface area contributed by atoms with E-state index in [2.05, 4.69) is 5.32 Å². The van der Waals surface area contributed by atoms with Crippen molar-refractivity contribution in [1.82, 2.24) is 5.32 Å². The molecule has 0 amide bonds. The third-order valence-corrected chi connectivity index (χ3v) is 4.80. The highest BCUT2D eigenvalue weighted by molar-refractivity contribution is 4.88. The van der Waals surface area contributed by atoms with Crippen LogP contribution in [0, 0.1) is 11.8 Å². The summed E-state index contributed by atoms with van der Waals surface area (Å²) in [7, 11) is 0. The highest BCUT2D eigenvalue weighted by Crippen LogP contribution is 2.38. The lowest BCUT2D eigenvalue weighted by Gasteiger charge is -2.38. The van der Waals surface area contributed by atoms with Crippen molar-refractivity contribution in [2.24, 2.45) is 17.6 Å². The second-order valence-electron chi connectivity index (χ2n) is 6.16. The van der Waals surface area contributed by atoms with E-state index in [0.29, 0.717) is 31.3 Å². The fourth-order valence-electron chi connectivity index (χ4n) is 3.65. The van der Waals surface area contributed by atoms with Crippen LogP contribution >= 0.6 is 0 Å². The summed E-state index contributed by atoms with van der Waals surface area (Å²) in [5.41, 5.74) is 5.78. The third kappa shape index (κ3) is 4.09. The lowest BCUT2D eigenvalue weighted by atomic mass is 9.81. The van der Waals surface area contributed by atoms with Gasteiger partial charge in [0.25, 0.3) is 0 Å². The molecule has 0 aromatic carbocycles. The van der Waals surface area contributed by atoms with Gasteiger partial charge in [0.1, 0.15) is 0 Å². The molecular formula is C14H25F3N2. The molecule has 0 saturated heterocycles. The van der Waals surface area contributed by atoms with E-state index in [4.69, 9.17) is 5.73 Å². The number of halogens is 3. The zero-order chi connectivity index (χ0) is 13.9. The molecule has 2 aliphatic carbocycles. The van der Waals surface area contributed by atoms with Crippen molar-refractivity contribution in [2.45, 2.75) is 69.6 Å². The Bertz CT molecular complexity index is 280. The number of hydrogen-bond acceptors (Lipinski definition) is 2. The number of hydrogen-bond donors (Lipinski definition) is 2. The van der Waals surface area contributed by atoms with E-state index in [-0.39, 0.29) is 12.5 Å². The number of nitrogens with one attached hydrogen (secondary N) is 1. The van der Waals surface area contributed by atoms with E-state index < -0.39 is 12.1 Å². The van der Waals surface area contributed by atoms with Crippen molar-refractivity contribution >= 4 is 0 Å². The summed E-state index contributed by atoms with van der Waals surface area (Å²) in [6, 6.07) is 0.355. The molecule has 2 nitrogen and oxygen atoms in total. The molecule has 0 bridgehead atoms. The van der Waals surface area contributed by atoms with Crippen molar-refractivity contribution in [2.75, 3.05) is 6.54 Å². The van der Waals surface area contributed by atoms with Gasteiger partial charge in [-0.25, -0.2) is 0 Å². The van der Waals surface area contributed by atoms with Crippen LogP contribution in [0.2, 0.25) is 0 Å². The molecule has 2 aliphatic rings. The van der Waals surface area contributed by atoms with E-state index in [1.54, 1.807) is 0 Å². The summed E-state index contributed by atoms with van der Waals surface area (Å²) in [6.07, 6.45) is 2.63. The van der Waals surface area contributed by atoms with Crippen molar-refractivity contribution in [3.8, 4) is 0 Å². The van der Waals surface area contributed by atoms with Gasteiger partial charge in [-0.3, -0.25) is 0 Å². The topological polar surface area (TPSA) is 38.0 Å². The fourth-order valence-corrected chi connectivity index (χ4v) is 3.65. The smallest absolute Gasteiger partial charge is 0.330 e. The normalized spacial score (nSPS) is 37.3. The van der Waals surface area contributed by atoms with Gasteiger partial charge in [-0.05, 0) is 44.6 Å². The Morgan fingerprint density at radius 1 is 1.00 bits per heavy atom. The van der Waals surface area contributed by atoms with Gasteiger partial charge in [0, 0.05) is 12.1 Å². The maximum atomic E-state index is 12.8. The third-order valence-electron chi connectivity index (χ3n) is 4.80. The molecule has 0 aromatic rings. The van der Waals surface area contributed by atoms with E-state index in [1.165, 1.54) is 12.8 Å². The predicted octanol–water partition coefficient (Wildman–Crippen LogP) is 3.21. The van der Waals surface area contributed by atoms with E-state index in [1.807, 2.05) is 0 Å². The van der Waals surface area contributed by atoms with Crippen LogP contribution in [0.5, 0.6) is 0 Å². The summed E-state index contributed by atoms with van der Waals surface area (Å²) < 4.78 is 38.4. The second kappa shape index (κ2) is 6.44. The lowest BCUT2D eigenvalue weighted by Crippen LogP contribution is -2.49. The summed E-state index contributed by atoms with van der Waals surface area (Å²) >= 11 is 0. The minimum Gasteiger partial charge on any atom is -0.330 e. The first-order valence-corrected chi connectivity index (χ1v) is 7.53. The molecule has 0 aliphatic heterocycles. The summed E-state index contributed by atoms with van der Waals surface area (Å²) in [5, 5.41) is 3.48. The van der Waals surface area contributed by atoms with Crippen molar-refractivity contribution in [3.63, 3.8) is 0 Å². The highest BCUT2D eigenvalue weighted by atomic mass is 19.4. The molecular weight excluding hydrogens is 253 g/mol. The fraction of sp³-hybridized carbons (Fsp3) is 1.00. The van der Waals surface area contributed by atoms with Crippen LogP contribution in [0.15, 0.2) is 0 Å². The van der Waals surface area contributed by atoms with E-state index >= 15 is 0 Å². The molecule has 0 spiro atoms. The van der Waals surface area contributed by atoms with Crippen LogP contribution in [0.1, 0.15) is 51.4 Å². The molecule has 112 valence electrons. The Morgan fingerprint density at radius 2 is 1.74 bits per heavy atom. The Kier molecular flexibility index (Phi) is 5.12. The van der Waals surface area contributed by atoms with Gasteiger partial charge in [-0.2, -0.15) is 13.2 Å². The minimum atomic E-state index is -4.03. The average Bonchev–Trinajstić information content (AvgIpc) is 2.39. The van der Waals surface area contributed by atoms with Crippen LogP contribution in [-0.4, -0.2) is 24.8 Å². The van der Waals surface area contributed by atoms with E-state index in [9.17, 15) is 13.2 Å². The standard InChI is InChI=1S/C14H25F3N2/c15-14(16,17)11-5-3-6-12(8-11)19-13-7-2-1-4-10(13)9-18/h10-13,19H,1-9,18H2. The lowest BCUT2D eigenvalue weighted by molar-refractivity contribution is -0.184. The zero-order valence-electron chi connectivity index (χ0n) is 11.4. The van der Waals surface area contributed by atoms with Crippen LogP contribution < -0.4 is 11.1 Å². The number of alkyl halides is 3. The molecule has 2 saturated carbocycles. The maximum absolute atomic E-state index is 12.8. The molecule has 4 unspecified atom stereocenters. The zero-order valence-corrected chi connectivity index (χ0v) is 11.4. The Balaban J connectivity index is 1.87. The molecule has 4 atom stereocenters. The van der Waals surface area contributed by atoms with Crippen LogP contribution in [0.25, 0.3) is 0 Å². The molecule has 19 heavy (non-hydrogen) atoms. The van der Waals surface area contributed by atoms with Crippen molar-refractivity contribution in [3.05, 3.63) is 0 Å². The maximum Gasteiger partial charge on any atom is 0.391 e. The molecule has 0 heterocycles. The number of rotatable bonds is 3. The Labute approximate surface area is 113 Å². The first-order chi connectivity index (χ1) is 9.00. The monoisotopic (exact) mass is 278 g/mol. The van der Waals surface area contributed by atoms with Gasteiger partial charge in [0.2, 0.25) is 0 Å². The molecule has 0 radical (unpaired) electrons. The largest absolute Gasteiger partial charge is 0.391 e. The van der Waals surface area contributed by atoms with Crippen molar-refractivity contribution in [1.29, 1.82) is 0 Å². The van der Waals surface area contributed by atoms with Gasteiger partial charge < -0.3 is 11.1 Å². The van der Waals surface area contributed by atoms with Gasteiger partial charge in [-0.15, -0.1) is 0 Å². The first kappa shape index (κ1) is 15.1. The average molecular weight is 278 g/mol. The summed E-state index contributed by atoms with van der Waals surface area (Å²) in [4.78, 5) is 0. The van der Waals surface area contributed by atoms with Gasteiger partial charge >= 0.3 is 6.18 Å². The van der Waals surface area contributed by atoms with Crippen LogP contribution in [0.3, 0.4) is 0 Å². The summed E-state index contributed by atoms with van der Waals surface area (Å²) in [5.74, 6) is -0.668. The molecule has 2 rings (SSSR count). The van der Waals surface area contributed by atoms with Crippen molar-refractivity contribution < 1.29 is 13.2 Å². The summed E-state index contributed by atoms with van der Waals surface area (Å²) in [6.45, 7) is 0.646. The molecule has 3 N–H and O–H groups in total. The Morgan fingerprint density at radius 3 is 2.42 bits per heavy atom. The second-order valence-corrected chi connectivity index (χ2v) is 6.16. The molecule has 5 heteroatoms. The van der Waals surface area contributed by atoms with Gasteiger partial charge in [-0.1, -0.05) is 19.3 Å². The highest BCUT2D eigenvalue weighted by Gasteiger charge is 2.42. The van der Waals surface area contributed by atoms with E-state index in [0.717, 1.165) is 19.3 Å². The predicted molar refractivity (Wildman–Crippen MR) is 69.7 cm³/mol. The van der Waals surface area contributed by atoms with Gasteiger partial charge in [0.05, 0.1) is 5.92 Å². The first-order valence-electron chi connectivity index (χ1n) is 7.53.